The van der Waals surface area contributed by atoms with Crippen LogP contribution in [0.25, 0.3) is 0 Å². The summed E-state index contributed by atoms with van der Waals surface area (Å²) >= 11 is 1.59. The van der Waals surface area contributed by atoms with Crippen molar-refractivity contribution in [2.24, 2.45) is 0 Å². The highest BCUT2D eigenvalue weighted by Gasteiger charge is 2.24. The first-order valence-corrected chi connectivity index (χ1v) is 7.93. The number of urea groups is 1. The fourth-order valence-electron chi connectivity index (χ4n) is 2.48. The number of carbonyl (C=O) groups is 1. The van der Waals surface area contributed by atoms with Crippen molar-refractivity contribution < 1.29 is 9.90 Å². The summed E-state index contributed by atoms with van der Waals surface area (Å²) in [5, 5.41) is 13.2. The summed E-state index contributed by atoms with van der Waals surface area (Å²) in [6.07, 6.45) is 0.942. The van der Waals surface area contributed by atoms with Crippen LogP contribution in [0.15, 0.2) is 12.1 Å². The SMILES string of the molecule is CC[C@@H](CO)N1CCN(C(=O)Nc2ccc(C)s2)CC1. The van der Waals surface area contributed by atoms with E-state index in [1.54, 1.807) is 11.3 Å². The third-order valence-electron chi connectivity index (χ3n) is 3.77. The molecular weight excluding hydrogens is 274 g/mol. The average molecular weight is 297 g/mol. The fraction of sp³-hybridized carbons (Fsp3) is 0.643. The van der Waals surface area contributed by atoms with Crippen molar-refractivity contribution in [2.45, 2.75) is 26.3 Å². The summed E-state index contributed by atoms with van der Waals surface area (Å²) in [7, 11) is 0. The van der Waals surface area contributed by atoms with E-state index >= 15 is 0 Å². The van der Waals surface area contributed by atoms with Gasteiger partial charge in [0.05, 0.1) is 11.6 Å². The highest BCUT2D eigenvalue weighted by atomic mass is 32.1. The standard InChI is InChI=1S/C14H23N3O2S/c1-3-12(10-18)16-6-8-17(9-7-16)14(19)15-13-5-4-11(2)20-13/h4-5,12,18H,3,6-10H2,1-2H3,(H,15,19)/t12-/m0/s1. The lowest BCUT2D eigenvalue weighted by molar-refractivity contribution is 0.0766. The normalized spacial score (nSPS) is 18.1. The largest absolute Gasteiger partial charge is 0.395 e. The van der Waals surface area contributed by atoms with Crippen molar-refractivity contribution in [3.05, 3.63) is 17.0 Å². The maximum atomic E-state index is 12.1. The number of rotatable bonds is 4. The number of hydrogen-bond acceptors (Lipinski definition) is 4. The lowest BCUT2D eigenvalue weighted by Crippen LogP contribution is -2.53. The Morgan fingerprint density at radius 1 is 1.40 bits per heavy atom. The van der Waals surface area contributed by atoms with E-state index in [0.29, 0.717) is 13.1 Å². The Balaban J connectivity index is 1.82. The second-order valence-corrected chi connectivity index (χ2v) is 6.40. The van der Waals surface area contributed by atoms with Gasteiger partial charge in [-0.2, -0.15) is 0 Å². The van der Waals surface area contributed by atoms with Crippen LogP contribution in [0.2, 0.25) is 0 Å². The zero-order valence-electron chi connectivity index (χ0n) is 12.1. The van der Waals surface area contributed by atoms with Gasteiger partial charge in [-0.25, -0.2) is 4.79 Å². The van der Waals surface area contributed by atoms with E-state index in [1.165, 1.54) is 4.88 Å². The van der Waals surface area contributed by atoms with Crippen molar-refractivity contribution >= 4 is 22.4 Å². The summed E-state index contributed by atoms with van der Waals surface area (Å²) in [5.41, 5.74) is 0. The predicted molar refractivity (Wildman–Crippen MR) is 82.4 cm³/mol. The highest BCUT2D eigenvalue weighted by molar-refractivity contribution is 7.16. The molecule has 1 aliphatic rings. The van der Waals surface area contributed by atoms with E-state index in [2.05, 4.69) is 17.1 Å². The second kappa shape index (κ2) is 7.06. The zero-order chi connectivity index (χ0) is 14.5. The summed E-state index contributed by atoms with van der Waals surface area (Å²) < 4.78 is 0. The highest BCUT2D eigenvalue weighted by Crippen LogP contribution is 2.21. The molecule has 112 valence electrons. The van der Waals surface area contributed by atoms with Gasteiger partial charge >= 0.3 is 6.03 Å². The van der Waals surface area contributed by atoms with Crippen molar-refractivity contribution in [1.82, 2.24) is 9.80 Å². The topological polar surface area (TPSA) is 55.8 Å². The number of anilines is 1. The van der Waals surface area contributed by atoms with E-state index in [9.17, 15) is 9.90 Å². The van der Waals surface area contributed by atoms with Gasteiger partial charge in [-0.1, -0.05) is 6.92 Å². The van der Waals surface area contributed by atoms with Crippen LogP contribution in [0.1, 0.15) is 18.2 Å². The van der Waals surface area contributed by atoms with Gasteiger partial charge < -0.3 is 10.0 Å². The number of amides is 2. The van der Waals surface area contributed by atoms with Crippen LogP contribution >= 0.6 is 11.3 Å². The molecule has 1 fully saturated rings. The van der Waals surface area contributed by atoms with E-state index in [1.807, 2.05) is 24.0 Å². The molecule has 1 aromatic heterocycles. The molecule has 1 aromatic rings. The maximum absolute atomic E-state index is 12.1. The molecule has 0 radical (unpaired) electrons. The van der Waals surface area contributed by atoms with Gasteiger partial charge in [0.1, 0.15) is 0 Å². The summed E-state index contributed by atoms with van der Waals surface area (Å²) in [5.74, 6) is 0. The first-order chi connectivity index (χ1) is 9.63. The zero-order valence-corrected chi connectivity index (χ0v) is 12.9. The average Bonchev–Trinajstić information content (AvgIpc) is 2.86. The molecule has 2 N–H and O–H groups in total. The molecule has 5 nitrogen and oxygen atoms in total. The lowest BCUT2D eigenvalue weighted by Gasteiger charge is -2.38. The quantitative estimate of drug-likeness (QED) is 0.893. The molecule has 2 rings (SSSR count). The van der Waals surface area contributed by atoms with E-state index in [-0.39, 0.29) is 18.7 Å². The number of piperazine rings is 1. The van der Waals surface area contributed by atoms with Gasteiger partial charge in [-0.15, -0.1) is 11.3 Å². The van der Waals surface area contributed by atoms with Crippen LogP contribution in [-0.2, 0) is 0 Å². The number of aliphatic hydroxyl groups is 1. The molecule has 0 saturated carbocycles. The number of thiophene rings is 1. The number of hydrogen-bond donors (Lipinski definition) is 2. The Hall–Kier alpha value is -1.11. The van der Waals surface area contributed by atoms with Gasteiger partial charge in [0.15, 0.2) is 0 Å². The number of carbonyl (C=O) groups excluding carboxylic acids is 1. The van der Waals surface area contributed by atoms with Gasteiger partial charge in [0, 0.05) is 37.1 Å². The first kappa shape index (κ1) is 15.3. The predicted octanol–water partition coefficient (Wildman–Crippen LogP) is 1.98. The summed E-state index contributed by atoms with van der Waals surface area (Å²) in [6.45, 7) is 7.39. The van der Waals surface area contributed by atoms with Crippen molar-refractivity contribution in [1.29, 1.82) is 0 Å². The Kier molecular flexibility index (Phi) is 5.39. The summed E-state index contributed by atoms with van der Waals surface area (Å²) in [4.78, 5) is 17.4. The molecule has 20 heavy (non-hydrogen) atoms. The molecular formula is C14H23N3O2S. The van der Waals surface area contributed by atoms with E-state index in [0.717, 1.165) is 24.5 Å². The van der Waals surface area contributed by atoms with Crippen molar-refractivity contribution in [3.63, 3.8) is 0 Å². The smallest absolute Gasteiger partial charge is 0.322 e. The van der Waals surface area contributed by atoms with Gasteiger partial charge in [0.25, 0.3) is 0 Å². The van der Waals surface area contributed by atoms with Crippen molar-refractivity contribution in [3.8, 4) is 0 Å². The molecule has 1 saturated heterocycles. The molecule has 0 bridgehead atoms. The molecule has 2 heterocycles. The Morgan fingerprint density at radius 2 is 2.10 bits per heavy atom. The number of nitrogens with one attached hydrogen (secondary N) is 1. The molecule has 1 atom stereocenters. The van der Waals surface area contributed by atoms with Gasteiger partial charge in [-0.3, -0.25) is 10.2 Å². The summed E-state index contributed by atoms with van der Waals surface area (Å²) in [6, 6.07) is 4.14. The minimum absolute atomic E-state index is 0.0245. The molecule has 2 amide bonds. The van der Waals surface area contributed by atoms with E-state index in [4.69, 9.17) is 0 Å². The third-order valence-corrected chi connectivity index (χ3v) is 4.69. The third kappa shape index (κ3) is 3.71. The Labute approximate surface area is 124 Å². The van der Waals surface area contributed by atoms with Crippen LogP contribution in [0.4, 0.5) is 9.80 Å². The molecule has 0 unspecified atom stereocenters. The Bertz CT molecular complexity index is 437. The van der Waals surface area contributed by atoms with Crippen LogP contribution in [0.5, 0.6) is 0 Å². The van der Waals surface area contributed by atoms with E-state index < -0.39 is 0 Å². The fourth-order valence-corrected chi connectivity index (χ4v) is 3.24. The van der Waals surface area contributed by atoms with Crippen LogP contribution < -0.4 is 5.32 Å². The molecule has 6 heteroatoms. The maximum Gasteiger partial charge on any atom is 0.322 e. The minimum Gasteiger partial charge on any atom is -0.395 e. The van der Waals surface area contributed by atoms with Gasteiger partial charge in [0.2, 0.25) is 0 Å². The molecule has 0 aromatic carbocycles. The molecule has 1 aliphatic heterocycles. The number of aliphatic hydroxyl groups excluding tert-OH is 1. The Morgan fingerprint density at radius 3 is 2.60 bits per heavy atom. The van der Waals surface area contributed by atoms with Crippen LogP contribution in [0.3, 0.4) is 0 Å². The van der Waals surface area contributed by atoms with Crippen molar-refractivity contribution in [2.75, 3.05) is 38.1 Å². The first-order valence-electron chi connectivity index (χ1n) is 7.11. The van der Waals surface area contributed by atoms with Crippen LogP contribution in [-0.4, -0.2) is 59.8 Å². The van der Waals surface area contributed by atoms with Gasteiger partial charge in [-0.05, 0) is 25.5 Å². The number of nitrogens with zero attached hydrogens (tertiary/aromatic N) is 2. The number of aryl methyl sites for hydroxylation is 1. The molecule has 0 aliphatic carbocycles. The minimum atomic E-state index is -0.0245. The second-order valence-electron chi connectivity index (χ2n) is 5.11. The lowest BCUT2D eigenvalue weighted by atomic mass is 10.2. The monoisotopic (exact) mass is 297 g/mol. The van der Waals surface area contributed by atoms with Crippen LogP contribution in [0, 0.1) is 6.92 Å². The molecule has 0 spiro atoms.